The minimum atomic E-state index is -0.866. The summed E-state index contributed by atoms with van der Waals surface area (Å²) in [4.78, 5) is 26.1. The van der Waals surface area contributed by atoms with Crippen LogP contribution >= 0.6 is 0 Å². The lowest BCUT2D eigenvalue weighted by Gasteiger charge is -2.21. The van der Waals surface area contributed by atoms with Crippen molar-refractivity contribution >= 4 is 11.9 Å². The number of nitrogens with one attached hydrogen (secondary N) is 1. The van der Waals surface area contributed by atoms with Crippen LogP contribution in [-0.2, 0) is 16.1 Å². The summed E-state index contributed by atoms with van der Waals surface area (Å²) < 4.78 is 5.25. The molecule has 1 fully saturated rings. The number of carbonyl (C=O) groups is 2. The van der Waals surface area contributed by atoms with Gasteiger partial charge in [0.1, 0.15) is 0 Å². The quantitative estimate of drug-likeness (QED) is 0.554. The average Bonchev–Trinajstić information content (AvgIpc) is 3.03. The summed E-state index contributed by atoms with van der Waals surface area (Å²) in [5.41, 5.74) is 5.05. The molecule has 1 aliphatic carbocycles. The molecular weight excluding hydrogens is 324 g/mol. The zero-order valence-corrected chi connectivity index (χ0v) is 14.6. The Morgan fingerprint density at radius 3 is 2.76 bits per heavy atom. The first-order chi connectivity index (χ1) is 12.0. The van der Waals surface area contributed by atoms with Gasteiger partial charge < -0.3 is 20.7 Å². The molecule has 0 radical (unpaired) electrons. The highest BCUT2D eigenvalue weighted by Gasteiger charge is 2.23. The Labute approximate surface area is 147 Å². The molecule has 1 amide bonds. The van der Waals surface area contributed by atoms with Crippen molar-refractivity contribution in [2.45, 2.75) is 70.3 Å². The Hall–Kier alpha value is -1.96. The fourth-order valence-corrected chi connectivity index (χ4v) is 3.45. The molecule has 1 aliphatic rings. The number of primary amides is 1. The largest absolute Gasteiger partial charge is 0.481 e. The highest BCUT2D eigenvalue weighted by molar-refractivity contribution is 5.75. The number of nitrogens with two attached hydrogens (primary N) is 1. The van der Waals surface area contributed by atoms with Gasteiger partial charge in [-0.05, 0) is 12.3 Å². The fraction of sp³-hybridized carbons (Fsp3) is 0.765. The summed E-state index contributed by atoms with van der Waals surface area (Å²) in [5, 5.41) is 15.8. The standard InChI is InChI=1S/C17H28N4O4/c18-14(22)10-19-11-15-20-17(25-21-15)13(9-16(23)24)8-4-7-12-5-2-1-3-6-12/h12-13,19H,1-11H2,(H2,18,22)(H,23,24). The number of carbonyl (C=O) groups excluding carboxylic acids is 1. The van der Waals surface area contributed by atoms with Gasteiger partial charge in [-0.3, -0.25) is 9.59 Å². The lowest BCUT2D eigenvalue weighted by Crippen LogP contribution is -2.28. The molecule has 1 unspecified atom stereocenters. The summed E-state index contributed by atoms with van der Waals surface area (Å²) in [5.74, 6) is -0.0563. The first-order valence-corrected chi connectivity index (χ1v) is 9.08. The molecular formula is C17H28N4O4. The highest BCUT2D eigenvalue weighted by Crippen LogP contribution is 2.31. The van der Waals surface area contributed by atoms with E-state index in [-0.39, 0.29) is 25.4 Å². The Balaban J connectivity index is 1.84. The lowest BCUT2D eigenvalue weighted by atomic mass is 9.84. The van der Waals surface area contributed by atoms with E-state index in [4.69, 9.17) is 15.4 Å². The molecule has 1 saturated carbocycles. The van der Waals surface area contributed by atoms with Gasteiger partial charge in [0.2, 0.25) is 11.8 Å². The Kier molecular flexibility index (Phi) is 7.84. The molecule has 140 valence electrons. The molecule has 8 heteroatoms. The van der Waals surface area contributed by atoms with E-state index in [0.717, 1.165) is 25.2 Å². The van der Waals surface area contributed by atoms with Crippen molar-refractivity contribution in [3.63, 3.8) is 0 Å². The van der Waals surface area contributed by atoms with Crippen molar-refractivity contribution in [2.24, 2.45) is 11.7 Å². The molecule has 0 saturated heterocycles. The summed E-state index contributed by atoms with van der Waals surface area (Å²) in [6.07, 6.45) is 9.38. The summed E-state index contributed by atoms with van der Waals surface area (Å²) in [6, 6.07) is 0. The number of hydrogen-bond donors (Lipinski definition) is 3. The van der Waals surface area contributed by atoms with E-state index >= 15 is 0 Å². The fourth-order valence-electron chi connectivity index (χ4n) is 3.45. The van der Waals surface area contributed by atoms with E-state index in [1.165, 1.54) is 32.1 Å². The van der Waals surface area contributed by atoms with Crippen molar-refractivity contribution < 1.29 is 19.2 Å². The van der Waals surface area contributed by atoms with Crippen LogP contribution in [0.3, 0.4) is 0 Å². The SMILES string of the molecule is NC(=O)CNCc1noc(C(CCCC2CCCCC2)CC(=O)O)n1. The van der Waals surface area contributed by atoms with Gasteiger partial charge in [-0.1, -0.05) is 50.1 Å². The number of aromatic nitrogens is 2. The number of rotatable bonds is 11. The normalized spacial score (nSPS) is 16.6. The van der Waals surface area contributed by atoms with E-state index in [1.54, 1.807) is 0 Å². The second kappa shape index (κ2) is 10.1. The van der Waals surface area contributed by atoms with Crippen LogP contribution in [0, 0.1) is 5.92 Å². The van der Waals surface area contributed by atoms with Gasteiger partial charge in [0.25, 0.3) is 0 Å². The Morgan fingerprint density at radius 2 is 2.08 bits per heavy atom. The first-order valence-electron chi connectivity index (χ1n) is 9.08. The molecule has 0 spiro atoms. The van der Waals surface area contributed by atoms with Gasteiger partial charge in [-0.15, -0.1) is 0 Å². The van der Waals surface area contributed by atoms with Crippen LogP contribution < -0.4 is 11.1 Å². The zero-order chi connectivity index (χ0) is 18.1. The molecule has 4 N–H and O–H groups in total. The molecule has 0 aromatic carbocycles. The minimum Gasteiger partial charge on any atom is -0.481 e. The molecule has 2 rings (SSSR count). The highest BCUT2D eigenvalue weighted by atomic mass is 16.5. The number of carboxylic acid groups (broad SMARTS) is 1. The van der Waals surface area contributed by atoms with Gasteiger partial charge in [0.15, 0.2) is 5.82 Å². The van der Waals surface area contributed by atoms with Crippen LogP contribution in [0.4, 0.5) is 0 Å². The number of nitrogens with zero attached hydrogens (tertiary/aromatic N) is 2. The number of amides is 1. The molecule has 1 heterocycles. The molecule has 1 aromatic rings. The molecule has 0 bridgehead atoms. The Bertz CT molecular complexity index is 555. The van der Waals surface area contributed by atoms with E-state index in [2.05, 4.69) is 15.5 Å². The molecule has 25 heavy (non-hydrogen) atoms. The van der Waals surface area contributed by atoms with Gasteiger partial charge in [0, 0.05) is 5.92 Å². The van der Waals surface area contributed by atoms with Crippen LogP contribution in [0.15, 0.2) is 4.52 Å². The van der Waals surface area contributed by atoms with E-state index in [0.29, 0.717) is 11.7 Å². The third-order valence-corrected chi connectivity index (χ3v) is 4.73. The maximum atomic E-state index is 11.1. The van der Waals surface area contributed by atoms with Crippen LogP contribution in [0.1, 0.15) is 75.4 Å². The number of aliphatic carboxylic acids is 1. The predicted octanol–water partition coefficient (Wildman–Crippen LogP) is 1.95. The first kappa shape index (κ1) is 19.4. The van der Waals surface area contributed by atoms with Crippen molar-refractivity contribution in [3.8, 4) is 0 Å². The summed E-state index contributed by atoms with van der Waals surface area (Å²) >= 11 is 0. The maximum Gasteiger partial charge on any atom is 0.304 e. The van der Waals surface area contributed by atoms with Gasteiger partial charge in [0.05, 0.1) is 19.5 Å². The summed E-state index contributed by atoms with van der Waals surface area (Å²) in [7, 11) is 0. The number of carboxylic acids is 1. The summed E-state index contributed by atoms with van der Waals surface area (Å²) in [6.45, 7) is 0.290. The smallest absolute Gasteiger partial charge is 0.304 e. The maximum absolute atomic E-state index is 11.1. The minimum absolute atomic E-state index is 0.0129. The zero-order valence-electron chi connectivity index (χ0n) is 14.6. The predicted molar refractivity (Wildman–Crippen MR) is 90.6 cm³/mol. The molecule has 1 aromatic heterocycles. The van der Waals surface area contributed by atoms with Crippen molar-refractivity contribution in [2.75, 3.05) is 6.54 Å². The van der Waals surface area contributed by atoms with Crippen LogP contribution in [0.5, 0.6) is 0 Å². The third-order valence-electron chi connectivity index (χ3n) is 4.73. The van der Waals surface area contributed by atoms with Crippen molar-refractivity contribution in [1.82, 2.24) is 15.5 Å². The topological polar surface area (TPSA) is 131 Å². The van der Waals surface area contributed by atoms with Crippen LogP contribution in [0.25, 0.3) is 0 Å². The monoisotopic (exact) mass is 352 g/mol. The lowest BCUT2D eigenvalue weighted by molar-refractivity contribution is -0.137. The molecule has 0 aliphatic heterocycles. The van der Waals surface area contributed by atoms with E-state index < -0.39 is 11.9 Å². The van der Waals surface area contributed by atoms with Crippen LogP contribution in [-0.4, -0.2) is 33.7 Å². The van der Waals surface area contributed by atoms with Crippen LogP contribution in [0.2, 0.25) is 0 Å². The number of hydrogen-bond acceptors (Lipinski definition) is 6. The molecule has 8 nitrogen and oxygen atoms in total. The molecule has 1 atom stereocenters. The van der Waals surface area contributed by atoms with Crippen molar-refractivity contribution in [3.05, 3.63) is 11.7 Å². The van der Waals surface area contributed by atoms with E-state index in [9.17, 15) is 9.59 Å². The van der Waals surface area contributed by atoms with Gasteiger partial charge in [-0.2, -0.15) is 4.98 Å². The van der Waals surface area contributed by atoms with Crippen molar-refractivity contribution in [1.29, 1.82) is 0 Å². The van der Waals surface area contributed by atoms with Gasteiger partial charge in [-0.25, -0.2) is 0 Å². The Morgan fingerprint density at radius 1 is 1.32 bits per heavy atom. The second-order valence-corrected chi connectivity index (χ2v) is 6.85. The third kappa shape index (κ3) is 7.21. The van der Waals surface area contributed by atoms with E-state index in [1.807, 2.05) is 0 Å². The second-order valence-electron chi connectivity index (χ2n) is 6.85. The average molecular weight is 352 g/mol. The van der Waals surface area contributed by atoms with Gasteiger partial charge >= 0.3 is 5.97 Å².